The molecule has 0 atom stereocenters. The number of aryl methyl sites for hydroxylation is 1. The summed E-state index contributed by atoms with van der Waals surface area (Å²) < 4.78 is 7.06. The van der Waals surface area contributed by atoms with Gasteiger partial charge in [0.1, 0.15) is 0 Å². The van der Waals surface area contributed by atoms with E-state index < -0.39 is 0 Å². The van der Waals surface area contributed by atoms with Crippen molar-refractivity contribution in [2.24, 2.45) is 0 Å². The lowest BCUT2D eigenvalue weighted by Crippen LogP contribution is -2.26. The lowest BCUT2D eigenvalue weighted by atomic mass is 10.2. The van der Waals surface area contributed by atoms with Crippen LogP contribution < -0.4 is 10.6 Å². The number of fused-ring (bicyclic) bond motifs is 1. The zero-order valence-corrected chi connectivity index (χ0v) is 14.5. The Morgan fingerprint density at radius 3 is 2.72 bits per heavy atom. The Labute approximate surface area is 146 Å². The van der Waals surface area contributed by atoms with Crippen LogP contribution >= 0.6 is 0 Å². The lowest BCUT2D eigenvalue weighted by molar-refractivity contribution is 0.0993. The van der Waals surface area contributed by atoms with Gasteiger partial charge in [-0.2, -0.15) is 0 Å². The van der Waals surface area contributed by atoms with Crippen LogP contribution in [0.4, 0.5) is 11.6 Å². The maximum Gasteiger partial charge on any atom is 0.258 e. The third kappa shape index (κ3) is 3.49. The van der Waals surface area contributed by atoms with Gasteiger partial charge < -0.3 is 19.9 Å². The standard InChI is InChI=1S/C19H22N4O2/c1-22(18(24)14-7-4-3-5-8-14)15-9-10-17-16(13-15)21-19(20)23(17)11-6-12-25-2/h3-5,7-10,13H,6,11-12H2,1-2H3,(H2,20,21). The van der Waals surface area contributed by atoms with Gasteiger partial charge in [-0.05, 0) is 36.8 Å². The van der Waals surface area contributed by atoms with Crippen molar-refractivity contribution in [3.8, 4) is 0 Å². The van der Waals surface area contributed by atoms with Crippen LogP contribution in [0.25, 0.3) is 11.0 Å². The Morgan fingerprint density at radius 2 is 2.00 bits per heavy atom. The Hall–Kier alpha value is -2.86. The number of nitrogens with two attached hydrogens (primary N) is 1. The van der Waals surface area contributed by atoms with E-state index in [2.05, 4.69) is 4.98 Å². The summed E-state index contributed by atoms with van der Waals surface area (Å²) in [4.78, 5) is 18.6. The van der Waals surface area contributed by atoms with Crippen molar-refractivity contribution < 1.29 is 9.53 Å². The summed E-state index contributed by atoms with van der Waals surface area (Å²) in [7, 11) is 3.44. The molecule has 6 heteroatoms. The molecule has 1 aromatic heterocycles. The molecule has 0 spiro atoms. The van der Waals surface area contributed by atoms with Crippen molar-refractivity contribution in [1.29, 1.82) is 0 Å². The molecule has 0 aliphatic carbocycles. The molecule has 0 unspecified atom stereocenters. The summed E-state index contributed by atoms with van der Waals surface area (Å²) in [6.07, 6.45) is 0.861. The van der Waals surface area contributed by atoms with E-state index >= 15 is 0 Å². The average Bonchev–Trinajstić information content (AvgIpc) is 2.96. The van der Waals surface area contributed by atoms with Crippen LogP contribution in [0.3, 0.4) is 0 Å². The number of aromatic nitrogens is 2. The van der Waals surface area contributed by atoms with Crippen LogP contribution in [0.5, 0.6) is 0 Å². The number of carbonyl (C=O) groups excluding carboxylic acids is 1. The van der Waals surface area contributed by atoms with Crippen LogP contribution in [0.15, 0.2) is 48.5 Å². The maximum atomic E-state index is 12.6. The molecule has 0 saturated carbocycles. The number of hydrogen-bond acceptors (Lipinski definition) is 4. The Kier molecular flexibility index (Phi) is 5.00. The first-order valence-corrected chi connectivity index (χ1v) is 8.19. The molecule has 1 amide bonds. The summed E-state index contributed by atoms with van der Waals surface area (Å²) in [5, 5.41) is 0. The van der Waals surface area contributed by atoms with Gasteiger partial charge in [0.15, 0.2) is 0 Å². The van der Waals surface area contributed by atoms with Gasteiger partial charge in [0.2, 0.25) is 5.95 Å². The molecule has 0 aliphatic rings. The summed E-state index contributed by atoms with van der Waals surface area (Å²) in [6, 6.07) is 15.0. The monoisotopic (exact) mass is 338 g/mol. The van der Waals surface area contributed by atoms with Crippen LogP contribution in [0.1, 0.15) is 16.8 Å². The zero-order chi connectivity index (χ0) is 17.8. The quantitative estimate of drug-likeness (QED) is 0.701. The molecule has 3 aromatic rings. The molecule has 0 aliphatic heterocycles. The van der Waals surface area contributed by atoms with Crippen molar-refractivity contribution in [3.05, 3.63) is 54.1 Å². The van der Waals surface area contributed by atoms with Gasteiger partial charge in [-0.3, -0.25) is 4.79 Å². The minimum absolute atomic E-state index is 0.0625. The van der Waals surface area contributed by atoms with E-state index in [-0.39, 0.29) is 5.91 Å². The van der Waals surface area contributed by atoms with Gasteiger partial charge in [0, 0.05) is 38.6 Å². The summed E-state index contributed by atoms with van der Waals surface area (Å²) >= 11 is 0. The molecule has 1 heterocycles. The predicted octanol–water partition coefficient (Wildman–Crippen LogP) is 2.93. The summed E-state index contributed by atoms with van der Waals surface area (Å²) in [5.41, 5.74) is 9.21. The largest absolute Gasteiger partial charge is 0.385 e. The molecular formula is C19H22N4O2. The fourth-order valence-electron chi connectivity index (χ4n) is 2.84. The molecular weight excluding hydrogens is 316 g/mol. The predicted molar refractivity (Wildman–Crippen MR) is 99.8 cm³/mol. The molecule has 6 nitrogen and oxygen atoms in total. The number of ether oxygens (including phenoxy) is 1. The molecule has 2 aromatic carbocycles. The third-order valence-electron chi connectivity index (χ3n) is 4.20. The molecule has 3 rings (SSSR count). The lowest BCUT2D eigenvalue weighted by Gasteiger charge is -2.17. The third-order valence-corrected chi connectivity index (χ3v) is 4.20. The van der Waals surface area contributed by atoms with E-state index in [9.17, 15) is 4.79 Å². The van der Waals surface area contributed by atoms with E-state index in [0.717, 1.165) is 29.7 Å². The molecule has 0 radical (unpaired) electrons. The highest BCUT2D eigenvalue weighted by molar-refractivity contribution is 6.06. The first-order chi connectivity index (χ1) is 12.1. The number of nitrogen functional groups attached to an aromatic ring is 1. The van der Waals surface area contributed by atoms with E-state index in [4.69, 9.17) is 10.5 Å². The van der Waals surface area contributed by atoms with Gasteiger partial charge in [0.25, 0.3) is 5.91 Å². The summed E-state index contributed by atoms with van der Waals surface area (Å²) in [5.74, 6) is 0.410. The molecule has 25 heavy (non-hydrogen) atoms. The molecule has 0 saturated heterocycles. The summed E-state index contributed by atoms with van der Waals surface area (Å²) in [6.45, 7) is 1.42. The number of amides is 1. The Morgan fingerprint density at radius 1 is 1.24 bits per heavy atom. The smallest absolute Gasteiger partial charge is 0.258 e. The van der Waals surface area contributed by atoms with Gasteiger partial charge in [-0.1, -0.05) is 18.2 Å². The van der Waals surface area contributed by atoms with E-state index in [1.54, 1.807) is 31.2 Å². The SMILES string of the molecule is COCCCn1c(N)nc2cc(N(C)C(=O)c3ccccc3)ccc21. The molecule has 0 bridgehead atoms. The highest BCUT2D eigenvalue weighted by atomic mass is 16.5. The Balaban J connectivity index is 1.87. The molecule has 2 N–H and O–H groups in total. The minimum Gasteiger partial charge on any atom is -0.385 e. The van der Waals surface area contributed by atoms with Gasteiger partial charge in [-0.15, -0.1) is 0 Å². The van der Waals surface area contributed by atoms with Crippen molar-refractivity contribution in [2.45, 2.75) is 13.0 Å². The van der Waals surface area contributed by atoms with Crippen molar-refractivity contribution in [1.82, 2.24) is 9.55 Å². The minimum atomic E-state index is -0.0625. The second-order valence-electron chi connectivity index (χ2n) is 5.87. The first-order valence-electron chi connectivity index (χ1n) is 8.19. The van der Waals surface area contributed by atoms with Crippen LogP contribution in [0, 0.1) is 0 Å². The molecule has 0 fully saturated rings. The van der Waals surface area contributed by atoms with E-state index in [1.807, 2.05) is 41.0 Å². The molecule has 130 valence electrons. The van der Waals surface area contributed by atoms with Gasteiger partial charge in [-0.25, -0.2) is 4.98 Å². The normalized spacial score (nSPS) is 11.0. The van der Waals surface area contributed by atoms with Crippen LogP contribution in [-0.4, -0.2) is 36.2 Å². The number of nitrogens with zero attached hydrogens (tertiary/aromatic N) is 3. The highest BCUT2D eigenvalue weighted by Gasteiger charge is 2.15. The van der Waals surface area contributed by atoms with E-state index in [1.165, 1.54) is 0 Å². The number of methoxy groups -OCH3 is 1. The van der Waals surface area contributed by atoms with Crippen molar-refractivity contribution in [2.75, 3.05) is 31.4 Å². The topological polar surface area (TPSA) is 73.4 Å². The van der Waals surface area contributed by atoms with Crippen LogP contribution in [0.2, 0.25) is 0 Å². The second-order valence-corrected chi connectivity index (χ2v) is 5.87. The van der Waals surface area contributed by atoms with E-state index in [0.29, 0.717) is 18.1 Å². The zero-order valence-electron chi connectivity index (χ0n) is 14.5. The number of anilines is 2. The number of rotatable bonds is 6. The van der Waals surface area contributed by atoms with Crippen LogP contribution in [-0.2, 0) is 11.3 Å². The highest BCUT2D eigenvalue weighted by Crippen LogP contribution is 2.24. The number of hydrogen-bond donors (Lipinski definition) is 1. The average molecular weight is 338 g/mol. The number of carbonyl (C=O) groups is 1. The fourth-order valence-corrected chi connectivity index (χ4v) is 2.84. The number of benzene rings is 2. The second kappa shape index (κ2) is 7.36. The Bertz CT molecular complexity index is 874. The van der Waals surface area contributed by atoms with Gasteiger partial charge >= 0.3 is 0 Å². The number of imidazole rings is 1. The van der Waals surface area contributed by atoms with Crippen molar-refractivity contribution in [3.63, 3.8) is 0 Å². The maximum absolute atomic E-state index is 12.6. The first kappa shape index (κ1) is 17.0. The fraction of sp³-hybridized carbons (Fsp3) is 0.263. The van der Waals surface area contributed by atoms with Crippen molar-refractivity contribution >= 4 is 28.6 Å². The van der Waals surface area contributed by atoms with Gasteiger partial charge in [0.05, 0.1) is 11.0 Å².